The molecule has 0 bridgehead atoms. The normalized spacial score (nSPS) is 22.9. The van der Waals surface area contributed by atoms with Crippen molar-refractivity contribution in [2.24, 2.45) is 10.8 Å². The van der Waals surface area contributed by atoms with E-state index in [4.69, 9.17) is 0 Å². The highest BCUT2D eigenvalue weighted by Gasteiger charge is 2.34. The monoisotopic (exact) mass is 312 g/mol. The number of rotatable bonds is 0. The van der Waals surface area contributed by atoms with Gasteiger partial charge in [0, 0.05) is 16.7 Å². The van der Waals surface area contributed by atoms with E-state index >= 15 is 0 Å². The Bertz CT molecular complexity index is 646. The quantitative estimate of drug-likeness (QED) is 0.722. The van der Waals surface area contributed by atoms with Gasteiger partial charge in [-0.1, -0.05) is 41.5 Å². The number of Topliss-reactive ketones (excluding diaryl/α,β-unsaturated/α-hetero) is 1. The first-order valence-corrected chi connectivity index (χ1v) is 8.35. The summed E-state index contributed by atoms with van der Waals surface area (Å²) >= 11 is 0. The third kappa shape index (κ3) is 3.64. The molecule has 0 radical (unpaired) electrons. The van der Waals surface area contributed by atoms with Gasteiger partial charge in [-0.2, -0.15) is 0 Å². The second-order valence-electron chi connectivity index (χ2n) is 8.72. The van der Waals surface area contributed by atoms with Crippen LogP contribution in [0.4, 0.5) is 0 Å². The van der Waals surface area contributed by atoms with E-state index in [1.807, 2.05) is 0 Å². The van der Waals surface area contributed by atoms with Crippen LogP contribution in [0, 0.1) is 10.8 Å². The molecule has 1 unspecified atom stereocenters. The Morgan fingerprint density at radius 2 is 1.39 bits per heavy atom. The molecule has 0 spiro atoms. The van der Waals surface area contributed by atoms with Crippen LogP contribution in [0.1, 0.15) is 48.5 Å². The summed E-state index contributed by atoms with van der Waals surface area (Å²) in [5.74, 6) is 0.193. The fraction of sp³-hybridized carbons (Fsp3) is 0.476. The van der Waals surface area contributed by atoms with Crippen LogP contribution < -0.4 is 4.90 Å². The Morgan fingerprint density at radius 1 is 0.913 bits per heavy atom. The van der Waals surface area contributed by atoms with E-state index in [0.29, 0.717) is 0 Å². The number of hydrogen-bond donors (Lipinski definition) is 1. The molecule has 2 rings (SSSR count). The van der Waals surface area contributed by atoms with Gasteiger partial charge in [-0.25, -0.2) is 0 Å². The number of nitrogens with one attached hydrogen (secondary N) is 1. The largest absolute Gasteiger partial charge is 0.289 e. The standard InChI is InChI=1S/C21H29NO/c1-14-13-22(8)10-9-16(14)15-11-17(20(2,3)4)19(23)18(12-15)21(5,6)7/h9-13H,1-8H3/p+1. The third-order valence-electron chi connectivity index (χ3n) is 4.40. The van der Waals surface area contributed by atoms with Crippen molar-refractivity contribution in [3.8, 4) is 0 Å². The van der Waals surface area contributed by atoms with Crippen molar-refractivity contribution in [3.63, 3.8) is 0 Å². The molecule has 0 saturated heterocycles. The van der Waals surface area contributed by atoms with Crippen molar-refractivity contribution in [2.45, 2.75) is 48.5 Å². The Labute approximate surface area is 140 Å². The van der Waals surface area contributed by atoms with E-state index < -0.39 is 0 Å². The highest BCUT2D eigenvalue weighted by molar-refractivity contribution is 6.12. The zero-order chi connectivity index (χ0) is 17.6. The van der Waals surface area contributed by atoms with Gasteiger partial charge in [0.2, 0.25) is 0 Å². The van der Waals surface area contributed by atoms with Crippen molar-refractivity contribution >= 4 is 5.78 Å². The fourth-order valence-electron chi connectivity index (χ4n) is 3.04. The zero-order valence-electron chi connectivity index (χ0n) is 15.8. The van der Waals surface area contributed by atoms with Crippen LogP contribution in [0.3, 0.4) is 0 Å². The zero-order valence-corrected chi connectivity index (χ0v) is 15.8. The van der Waals surface area contributed by atoms with Crippen LogP contribution in [0.15, 0.2) is 58.5 Å². The van der Waals surface area contributed by atoms with Gasteiger partial charge in [0.15, 0.2) is 5.78 Å². The summed E-state index contributed by atoms with van der Waals surface area (Å²) in [4.78, 5) is 14.2. The summed E-state index contributed by atoms with van der Waals surface area (Å²) in [6, 6.07) is 0. The second kappa shape index (κ2) is 5.76. The van der Waals surface area contributed by atoms with Crippen molar-refractivity contribution in [1.29, 1.82) is 0 Å². The molecular weight excluding hydrogens is 282 g/mol. The molecule has 0 aromatic heterocycles. The Balaban J connectivity index is 2.69. The van der Waals surface area contributed by atoms with Gasteiger partial charge in [-0.05, 0) is 47.1 Å². The van der Waals surface area contributed by atoms with Crippen LogP contribution >= 0.6 is 0 Å². The summed E-state index contributed by atoms with van der Waals surface area (Å²) in [5, 5.41) is 0. The molecule has 0 fully saturated rings. The van der Waals surface area contributed by atoms with Crippen LogP contribution in [-0.2, 0) is 4.79 Å². The third-order valence-corrected chi connectivity index (χ3v) is 4.40. The molecular formula is C21H30NO+. The molecule has 0 saturated carbocycles. The highest BCUT2D eigenvalue weighted by Crippen LogP contribution is 2.40. The smallest absolute Gasteiger partial charge is 0.186 e. The van der Waals surface area contributed by atoms with Crippen molar-refractivity contribution < 1.29 is 9.69 Å². The maximum absolute atomic E-state index is 13.0. The average molecular weight is 312 g/mol. The van der Waals surface area contributed by atoms with Crippen LogP contribution in [0.2, 0.25) is 0 Å². The maximum atomic E-state index is 13.0. The summed E-state index contributed by atoms with van der Waals surface area (Å²) in [7, 11) is 2.11. The molecule has 2 heteroatoms. The predicted molar refractivity (Wildman–Crippen MR) is 96.9 cm³/mol. The first-order chi connectivity index (χ1) is 10.4. The van der Waals surface area contributed by atoms with E-state index in [1.165, 1.54) is 16.0 Å². The van der Waals surface area contributed by atoms with E-state index in [0.717, 1.165) is 16.7 Å². The number of quaternary nitrogens is 1. The van der Waals surface area contributed by atoms with Crippen LogP contribution in [0.5, 0.6) is 0 Å². The Kier molecular flexibility index (Phi) is 4.42. The summed E-state index contributed by atoms with van der Waals surface area (Å²) in [6.07, 6.45) is 10.7. The molecule has 23 heavy (non-hydrogen) atoms. The minimum atomic E-state index is -0.161. The number of carbonyl (C=O) groups excluding carboxylic acids is 1. The van der Waals surface area contributed by atoms with Gasteiger partial charge >= 0.3 is 0 Å². The number of carbonyl (C=O) groups is 1. The molecule has 1 heterocycles. The molecule has 1 atom stereocenters. The topological polar surface area (TPSA) is 21.5 Å². The second-order valence-corrected chi connectivity index (χ2v) is 8.72. The van der Waals surface area contributed by atoms with Crippen molar-refractivity contribution in [2.75, 3.05) is 7.05 Å². The number of ketones is 1. The van der Waals surface area contributed by atoms with Gasteiger partial charge in [0.25, 0.3) is 0 Å². The SMILES string of the molecule is CC1=C[NH+](C)C=CC1=C1C=C(C(C)(C)C)C(=O)C(C(C)(C)C)=C1. The predicted octanol–water partition coefficient (Wildman–Crippen LogP) is 3.76. The Morgan fingerprint density at radius 3 is 1.78 bits per heavy atom. The highest BCUT2D eigenvalue weighted by atomic mass is 16.1. The summed E-state index contributed by atoms with van der Waals surface area (Å²) < 4.78 is 0. The van der Waals surface area contributed by atoms with E-state index in [2.05, 4.69) is 86.1 Å². The maximum Gasteiger partial charge on any atom is 0.186 e. The molecule has 1 N–H and O–H groups in total. The minimum Gasteiger partial charge on any atom is -0.289 e. The van der Waals surface area contributed by atoms with Gasteiger partial charge in [0.05, 0.1) is 13.2 Å². The number of allylic oxidation sites excluding steroid dienone is 8. The first-order valence-electron chi connectivity index (χ1n) is 8.35. The van der Waals surface area contributed by atoms with Crippen LogP contribution in [0.25, 0.3) is 0 Å². The van der Waals surface area contributed by atoms with Crippen molar-refractivity contribution in [3.05, 3.63) is 58.5 Å². The van der Waals surface area contributed by atoms with E-state index in [9.17, 15) is 4.79 Å². The molecule has 2 aliphatic rings. The lowest BCUT2D eigenvalue weighted by Crippen LogP contribution is -2.99. The summed E-state index contributed by atoms with van der Waals surface area (Å²) in [6.45, 7) is 14.8. The lowest BCUT2D eigenvalue weighted by Gasteiger charge is -2.32. The lowest BCUT2D eigenvalue weighted by molar-refractivity contribution is -0.767. The summed E-state index contributed by atoms with van der Waals surface area (Å²) in [5.41, 5.74) is 5.10. The lowest BCUT2D eigenvalue weighted by atomic mass is 9.71. The molecule has 1 aliphatic heterocycles. The molecule has 1 aliphatic carbocycles. The van der Waals surface area contributed by atoms with Gasteiger partial charge in [0.1, 0.15) is 6.20 Å². The fourth-order valence-corrected chi connectivity index (χ4v) is 3.04. The molecule has 0 aromatic carbocycles. The molecule has 0 aromatic rings. The van der Waals surface area contributed by atoms with Gasteiger partial charge in [-0.15, -0.1) is 0 Å². The van der Waals surface area contributed by atoms with E-state index in [-0.39, 0.29) is 16.6 Å². The molecule has 124 valence electrons. The number of hydrogen-bond acceptors (Lipinski definition) is 1. The Hall–Kier alpha value is -1.67. The van der Waals surface area contributed by atoms with Gasteiger partial charge in [-0.3, -0.25) is 9.69 Å². The van der Waals surface area contributed by atoms with Gasteiger partial charge < -0.3 is 0 Å². The minimum absolute atomic E-state index is 0.161. The van der Waals surface area contributed by atoms with Crippen molar-refractivity contribution in [1.82, 2.24) is 0 Å². The average Bonchev–Trinajstić information content (AvgIpc) is 2.36. The van der Waals surface area contributed by atoms with Crippen LogP contribution in [-0.4, -0.2) is 12.8 Å². The molecule has 2 nitrogen and oxygen atoms in total. The van der Waals surface area contributed by atoms with E-state index in [1.54, 1.807) is 0 Å². The first kappa shape index (κ1) is 17.7. The molecule has 0 amide bonds.